The smallest absolute Gasteiger partial charge is 0.227 e. The van der Waals surface area contributed by atoms with Gasteiger partial charge in [-0.05, 0) is 30.7 Å². The van der Waals surface area contributed by atoms with Crippen molar-refractivity contribution in [3.63, 3.8) is 0 Å². The van der Waals surface area contributed by atoms with Crippen LogP contribution in [0.2, 0.25) is 0 Å². The molecule has 2 aromatic rings. The minimum Gasteiger partial charge on any atom is -0.356 e. The van der Waals surface area contributed by atoms with Crippen LogP contribution < -0.4 is 4.90 Å². The van der Waals surface area contributed by atoms with Crippen LogP contribution in [0.25, 0.3) is 10.9 Å². The number of hydrogen-bond acceptors (Lipinski definition) is 3. The van der Waals surface area contributed by atoms with E-state index < -0.39 is 0 Å². The summed E-state index contributed by atoms with van der Waals surface area (Å²) in [5, 5.41) is 1.13. The van der Waals surface area contributed by atoms with E-state index in [9.17, 15) is 4.79 Å². The second-order valence-electron chi connectivity index (χ2n) is 5.67. The summed E-state index contributed by atoms with van der Waals surface area (Å²) in [6.45, 7) is 1.64. The number of halogens is 1. The summed E-state index contributed by atoms with van der Waals surface area (Å²) in [5.41, 5.74) is 0.976. The molecule has 3 rings (SSSR count). The number of rotatable bonds is 2. The lowest BCUT2D eigenvalue weighted by Crippen LogP contribution is -2.32. The first-order chi connectivity index (χ1) is 10.0. The molecule has 1 saturated heterocycles. The molecular formula is C16H18BrN3O. The van der Waals surface area contributed by atoms with Crippen LogP contribution in [0.4, 0.5) is 5.82 Å². The minimum absolute atomic E-state index is 0.0833. The van der Waals surface area contributed by atoms with Gasteiger partial charge in [0.1, 0.15) is 5.82 Å². The molecule has 1 aliphatic heterocycles. The van der Waals surface area contributed by atoms with Crippen LogP contribution >= 0.6 is 15.9 Å². The van der Waals surface area contributed by atoms with E-state index in [2.05, 4.69) is 33.0 Å². The van der Waals surface area contributed by atoms with E-state index in [0.717, 1.165) is 40.7 Å². The van der Waals surface area contributed by atoms with Gasteiger partial charge in [0.15, 0.2) is 0 Å². The summed E-state index contributed by atoms with van der Waals surface area (Å²) >= 11 is 3.48. The van der Waals surface area contributed by atoms with Crippen molar-refractivity contribution in [1.29, 1.82) is 0 Å². The Bertz CT molecular complexity index is 686. The number of pyridine rings is 1. The lowest BCUT2D eigenvalue weighted by Gasteiger charge is -2.19. The SMILES string of the molecule is CN(C)C(=O)C1CCN(c2ccc3ccc(Br)cc3n2)C1. The number of anilines is 1. The van der Waals surface area contributed by atoms with Gasteiger partial charge >= 0.3 is 0 Å². The molecule has 0 N–H and O–H groups in total. The van der Waals surface area contributed by atoms with Gasteiger partial charge in [0.2, 0.25) is 5.91 Å². The molecular weight excluding hydrogens is 330 g/mol. The third-order valence-electron chi connectivity index (χ3n) is 3.94. The Morgan fingerprint density at radius 1 is 1.33 bits per heavy atom. The highest BCUT2D eigenvalue weighted by Gasteiger charge is 2.29. The van der Waals surface area contributed by atoms with Crippen molar-refractivity contribution in [2.45, 2.75) is 6.42 Å². The van der Waals surface area contributed by atoms with Gasteiger partial charge in [-0.2, -0.15) is 0 Å². The molecule has 1 aliphatic rings. The van der Waals surface area contributed by atoms with Crippen LogP contribution in [-0.4, -0.2) is 43.0 Å². The number of amides is 1. The van der Waals surface area contributed by atoms with E-state index >= 15 is 0 Å². The average Bonchev–Trinajstić information content (AvgIpc) is 2.95. The van der Waals surface area contributed by atoms with Gasteiger partial charge in [0.05, 0.1) is 11.4 Å². The lowest BCUT2D eigenvalue weighted by atomic mass is 10.1. The second kappa shape index (κ2) is 5.64. The molecule has 0 radical (unpaired) electrons. The van der Waals surface area contributed by atoms with E-state index in [-0.39, 0.29) is 11.8 Å². The fourth-order valence-corrected chi connectivity index (χ4v) is 3.14. The van der Waals surface area contributed by atoms with Gasteiger partial charge in [-0.1, -0.05) is 22.0 Å². The maximum absolute atomic E-state index is 12.1. The van der Waals surface area contributed by atoms with Gasteiger partial charge in [0.25, 0.3) is 0 Å². The number of fused-ring (bicyclic) bond motifs is 1. The van der Waals surface area contributed by atoms with Crippen molar-refractivity contribution in [2.24, 2.45) is 5.92 Å². The number of carbonyl (C=O) groups is 1. The predicted molar refractivity (Wildman–Crippen MR) is 88.5 cm³/mol. The first kappa shape index (κ1) is 14.3. The zero-order chi connectivity index (χ0) is 15.0. The monoisotopic (exact) mass is 347 g/mol. The van der Waals surface area contributed by atoms with Crippen molar-refractivity contribution in [2.75, 3.05) is 32.1 Å². The van der Waals surface area contributed by atoms with Crippen molar-refractivity contribution in [3.8, 4) is 0 Å². The molecule has 0 saturated carbocycles. The highest BCUT2D eigenvalue weighted by Crippen LogP contribution is 2.26. The largest absolute Gasteiger partial charge is 0.356 e. The highest BCUT2D eigenvalue weighted by atomic mass is 79.9. The molecule has 1 atom stereocenters. The third kappa shape index (κ3) is 2.88. The Morgan fingerprint density at radius 2 is 2.10 bits per heavy atom. The van der Waals surface area contributed by atoms with E-state index in [1.807, 2.05) is 32.3 Å². The van der Waals surface area contributed by atoms with E-state index in [1.54, 1.807) is 4.90 Å². The molecule has 4 nitrogen and oxygen atoms in total. The maximum atomic E-state index is 12.1. The summed E-state index contributed by atoms with van der Waals surface area (Å²) in [5.74, 6) is 1.25. The fourth-order valence-electron chi connectivity index (χ4n) is 2.79. The number of aromatic nitrogens is 1. The van der Waals surface area contributed by atoms with Crippen LogP contribution in [0.3, 0.4) is 0 Å². The highest BCUT2D eigenvalue weighted by molar-refractivity contribution is 9.10. The van der Waals surface area contributed by atoms with Gasteiger partial charge < -0.3 is 9.80 Å². The molecule has 1 aromatic heterocycles. The maximum Gasteiger partial charge on any atom is 0.227 e. The van der Waals surface area contributed by atoms with Gasteiger partial charge in [-0.15, -0.1) is 0 Å². The van der Waals surface area contributed by atoms with Crippen LogP contribution in [0.15, 0.2) is 34.8 Å². The Hall–Kier alpha value is -1.62. The summed E-state index contributed by atoms with van der Waals surface area (Å²) in [4.78, 5) is 20.7. The van der Waals surface area contributed by atoms with Gasteiger partial charge in [-0.25, -0.2) is 4.98 Å². The van der Waals surface area contributed by atoms with Crippen molar-refractivity contribution >= 4 is 38.6 Å². The normalized spacial score (nSPS) is 18.2. The molecule has 0 spiro atoms. The molecule has 1 amide bonds. The number of hydrogen-bond donors (Lipinski definition) is 0. The van der Waals surface area contributed by atoms with Crippen LogP contribution in [0.1, 0.15) is 6.42 Å². The number of nitrogens with zero attached hydrogens (tertiary/aromatic N) is 3. The van der Waals surface area contributed by atoms with Crippen molar-refractivity contribution in [3.05, 3.63) is 34.8 Å². The van der Waals surface area contributed by atoms with Crippen molar-refractivity contribution in [1.82, 2.24) is 9.88 Å². The Labute approximate surface area is 132 Å². The number of benzene rings is 1. The second-order valence-corrected chi connectivity index (χ2v) is 6.59. The Kier molecular flexibility index (Phi) is 3.85. The minimum atomic E-state index is 0.0833. The van der Waals surface area contributed by atoms with Gasteiger partial charge in [0, 0.05) is 37.0 Å². The summed E-state index contributed by atoms with van der Waals surface area (Å²) in [7, 11) is 3.63. The van der Waals surface area contributed by atoms with Crippen LogP contribution in [0, 0.1) is 5.92 Å². The van der Waals surface area contributed by atoms with E-state index in [1.165, 1.54) is 0 Å². The number of carbonyl (C=O) groups excluding carboxylic acids is 1. The Morgan fingerprint density at radius 3 is 2.86 bits per heavy atom. The molecule has 2 heterocycles. The lowest BCUT2D eigenvalue weighted by molar-refractivity contribution is -0.132. The summed E-state index contributed by atoms with van der Waals surface area (Å²) < 4.78 is 1.03. The van der Waals surface area contributed by atoms with Gasteiger partial charge in [-0.3, -0.25) is 4.79 Å². The molecule has 5 heteroatoms. The molecule has 110 valence electrons. The molecule has 0 bridgehead atoms. The molecule has 1 fully saturated rings. The zero-order valence-electron chi connectivity index (χ0n) is 12.2. The van der Waals surface area contributed by atoms with Crippen molar-refractivity contribution < 1.29 is 4.79 Å². The molecule has 1 aromatic carbocycles. The predicted octanol–water partition coefficient (Wildman–Crippen LogP) is 2.91. The molecule has 1 unspecified atom stereocenters. The van der Waals surface area contributed by atoms with E-state index in [0.29, 0.717) is 0 Å². The Balaban J connectivity index is 1.83. The standard InChI is InChI=1S/C16H18BrN3O/c1-19(2)16(21)12-7-8-20(10-12)15-6-4-11-3-5-13(17)9-14(11)18-15/h3-6,9,12H,7-8,10H2,1-2H3. The topological polar surface area (TPSA) is 36.4 Å². The average molecular weight is 348 g/mol. The van der Waals surface area contributed by atoms with Crippen LogP contribution in [0.5, 0.6) is 0 Å². The first-order valence-electron chi connectivity index (χ1n) is 7.07. The van der Waals surface area contributed by atoms with E-state index in [4.69, 9.17) is 4.98 Å². The fraction of sp³-hybridized carbons (Fsp3) is 0.375. The molecule has 0 aliphatic carbocycles. The third-order valence-corrected chi connectivity index (χ3v) is 4.43. The quantitative estimate of drug-likeness (QED) is 0.837. The van der Waals surface area contributed by atoms with Crippen LogP contribution in [-0.2, 0) is 4.79 Å². The summed E-state index contributed by atoms with van der Waals surface area (Å²) in [6, 6.07) is 10.2. The first-order valence-corrected chi connectivity index (χ1v) is 7.86. The molecule has 21 heavy (non-hydrogen) atoms. The zero-order valence-corrected chi connectivity index (χ0v) is 13.8. The summed E-state index contributed by atoms with van der Waals surface area (Å²) in [6.07, 6.45) is 0.898.